The molecule has 2 N–H and O–H groups in total. The number of carbonyl (C=O) groups is 1. The van der Waals surface area contributed by atoms with Gasteiger partial charge in [0, 0.05) is 5.02 Å². The van der Waals surface area contributed by atoms with Crippen molar-refractivity contribution < 1.29 is 14.3 Å². The summed E-state index contributed by atoms with van der Waals surface area (Å²) in [5, 5.41) is 9.97. The summed E-state index contributed by atoms with van der Waals surface area (Å²) >= 11 is 5.90. The van der Waals surface area contributed by atoms with Crippen LogP contribution in [0.4, 0.5) is 0 Å². The number of esters is 1. The molecule has 1 atom stereocenters. The molecule has 0 bridgehead atoms. The minimum atomic E-state index is -0.664. The summed E-state index contributed by atoms with van der Waals surface area (Å²) in [6.07, 6.45) is 1.46. The van der Waals surface area contributed by atoms with Crippen LogP contribution in [0.2, 0.25) is 5.02 Å². The number of hydrogen-bond donors (Lipinski definition) is 1. The summed E-state index contributed by atoms with van der Waals surface area (Å²) in [6, 6.07) is 8.84. The molecule has 0 saturated heterocycles. The van der Waals surface area contributed by atoms with Crippen molar-refractivity contribution in [2.75, 3.05) is 6.61 Å². The molecule has 6 heteroatoms. The van der Waals surface area contributed by atoms with Gasteiger partial charge in [-0.1, -0.05) is 36.4 Å². The summed E-state index contributed by atoms with van der Waals surface area (Å²) < 4.78 is 10.5. The molecule has 1 aromatic carbocycles. The molecule has 0 radical (unpaired) electrons. The minimum absolute atomic E-state index is 0.0229. The third-order valence-electron chi connectivity index (χ3n) is 3.36. The van der Waals surface area contributed by atoms with Gasteiger partial charge in [-0.25, -0.2) is 4.79 Å². The Balaban J connectivity index is 2.54. The zero-order chi connectivity index (χ0) is 17.0. The lowest BCUT2D eigenvalue weighted by atomic mass is 9.83. The van der Waals surface area contributed by atoms with Crippen LogP contribution >= 0.6 is 11.6 Å². The average Bonchev–Trinajstić information content (AvgIpc) is 2.52. The van der Waals surface area contributed by atoms with Gasteiger partial charge >= 0.3 is 5.97 Å². The molecule has 0 spiro atoms. The lowest BCUT2D eigenvalue weighted by Crippen LogP contribution is -2.25. The molecule has 1 aromatic rings. The van der Waals surface area contributed by atoms with Crippen LogP contribution < -0.4 is 5.73 Å². The van der Waals surface area contributed by atoms with Gasteiger partial charge in [0.1, 0.15) is 24.0 Å². The van der Waals surface area contributed by atoms with Crippen LogP contribution in [0.15, 0.2) is 59.7 Å². The van der Waals surface area contributed by atoms with Crippen molar-refractivity contribution >= 4 is 17.6 Å². The van der Waals surface area contributed by atoms with Gasteiger partial charge in [0.15, 0.2) is 0 Å². The summed E-state index contributed by atoms with van der Waals surface area (Å²) in [4.78, 5) is 12.4. The SMILES string of the molecule is C=CCOC(=O)C1=C(C)OC(N)=C(C#N)[C@@H]1c1ccc(Cl)cc1. The molecule has 118 valence electrons. The fraction of sp³-hybridized carbons (Fsp3) is 0.176. The second-order valence-corrected chi connectivity index (χ2v) is 5.27. The fourth-order valence-corrected chi connectivity index (χ4v) is 2.47. The van der Waals surface area contributed by atoms with Gasteiger partial charge in [-0.15, -0.1) is 0 Å². The predicted molar refractivity (Wildman–Crippen MR) is 86.0 cm³/mol. The first-order valence-electron chi connectivity index (χ1n) is 6.81. The number of nitrogens with two attached hydrogens (primary N) is 1. The van der Waals surface area contributed by atoms with Crippen LogP contribution in [0.25, 0.3) is 0 Å². The topological polar surface area (TPSA) is 85.3 Å². The highest BCUT2D eigenvalue weighted by atomic mass is 35.5. The van der Waals surface area contributed by atoms with Gasteiger partial charge in [0.25, 0.3) is 0 Å². The minimum Gasteiger partial charge on any atom is -0.458 e. The highest BCUT2D eigenvalue weighted by molar-refractivity contribution is 6.30. The van der Waals surface area contributed by atoms with Crippen molar-refractivity contribution in [1.29, 1.82) is 5.26 Å². The van der Waals surface area contributed by atoms with Gasteiger partial charge < -0.3 is 15.2 Å². The fourth-order valence-electron chi connectivity index (χ4n) is 2.35. The van der Waals surface area contributed by atoms with Crippen molar-refractivity contribution in [2.24, 2.45) is 5.73 Å². The van der Waals surface area contributed by atoms with E-state index in [1.54, 1.807) is 31.2 Å². The van der Waals surface area contributed by atoms with E-state index in [4.69, 9.17) is 26.8 Å². The van der Waals surface area contributed by atoms with Crippen LogP contribution in [-0.4, -0.2) is 12.6 Å². The highest BCUT2D eigenvalue weighted by Crippen LogP contribution is 2.39. The Kier molecular flexibility index (Phi) is 5.09. The summed E-state index contributed by atoms with van der Waals surface area (Å²) in [5.41, 5.74) is 6.89. The summed E-state index contributed by atoms with van der Waals surface area (Å²) in [5.74, 6) is -0.966. The quantitative estimate of drug-likeness (QED) is 0.677. The molecular formula is C17H15ClN2O3. The van der Waals surface area contributed by atoms with E-state index in [9.17, 15) is 10.1 Å². The van der Waals surface area contributed by atoms with Gasteiger partial charge in [-0.2, -0.15) is 5.26 Å². The number of allylic oxidation sites excluding steroid dienone is 2. The molecule has 0 fully saturated rings. The standard InChI is InChI=1S/C17H15ClN2O3/c1-3-8-22-17(21)14-10(2)23-16(20)13(9-19)15(14)11-4-6-12(18)7-5-11/h3-7,15H,1,8,20H2,2H3/t15-/m0/s1. The maximum Gasteiger partial charge on any atom is 0.338 e. The maximum absolute atomic E-state index is 12.4. The Morgan fingerprint density at radius 2 is 2.17 bits per heavy atom. The van der Waals surface area contributed by atoms with Crippen molar-refractivity contribution in [3.63, 3.8) is 0 Å². The first kappa shape index (κ1) is 16.7. The van der Waals surface area contributed by atoms with E-state index in [-0.39, 0.29) is 23.6 Å². The number of rotatable bonds is 4. The number of benzene rings is 1. The molecule has 0 aliphatic carbocycles. The second-order valence-electron chi connectivity index (χ2n) is 4.83. The van der Waals surface area contributed by atoms with Crippen molar-refractivity contribution in [3.05, 3.63) is 70.3 Å². The summed E-state index contributed by atoms with van der Waals surface area (Å²) in [7, 11) is 0. The van der Waals surface area contributed by atoms with E-state index in [2.05, 4.69) is 6.58 Å². The third-order valence-corrected chi connectivity index (χ3v) is 3.61. The van der Waals surface area contributed by atoms with E-state index in [1.165, 1.54) is 6.08 Å². The molecule has 0 saturated carbocycles. The van der Waals surface area contributed by atoms with Gasteiger partial charge in [0.2, 0.25) is 5.88 Å². The van der Waals surface area contributed by atoms with Crippen LogP contribution in [-0.2, 0) is 14.3 Å². The first-order valence-corrected chi connectivity index (χ1v) is 7.19. The zero-order valence-electron chi connectivity index (χ0n) is 12.5. The molecule has 0 aromatic heterocycles. The molecule has 5 nitrogen and oxygen atoms in total. The molecule has 1 aliphatic heterocycles. The Hall–Kier alpha value is -2.71. The van der Waals surface area contributed by atoms with Gasteiger partial charge in [0.05, 0.1) is 11.5 Å². The highest BCUT2D eigenvalue weighted by Gasteiger charge is 2.36. The van der Waals surface area contributed by atoms with Crippen molar-refractivity contribution in [2.45, 2.75) is 12.8 Å². The Bertz CT molecular complexity index is 742. The molecule has 1 aliphatic rings. The maximum atomic E-state index is 12.4. The molecular weight excluding hydrogens is 316 g/mol. The van der Waals surface area contributed by atoms with Crippen LogP contribution in [0.1, 0.15) is 18.4 Å². The number of carbonyl (C=O) groups excluding carboxylic acids is 1. The molecule has 23 heavy (non-hydrogen) atoms. The third kappa shape index (κ3) is 3.38. The Labute approximate surface area is 139 Å². The monoisotopic (exact) mass is 330 g/mol. The van der Waals surface area contributed by atoms with Crippen molar-refractivity contribution in [1.82, 2.24) is 0 Å². The normalized spacial score (nSPS) is 17.3. The van der Waals surface area contributed by atoms with Crippen LogP contribution in [0.5, 0.6) is 0 Å². The largest absolute Gasteiger partial charge is 0.458 e. The van der Waals surface area contributed by atoms with E-state index < -0.39 is 11.9 Å². The van der Waals surface area contributed by atoms with E-state index in [0.29, 0.717) is 16.3 Å². The molecule has 0 amide bonds. The van der Waals surface area contributed by atoms with Crippen molar-refractivity contribution in [3.8, 4) is 6.07 Å². The van der Waals surface area contributed by atoms with Gasteiger partial charge in [-0.3, -0.25) is 0 Å². The smallest absolute Gasteiger partial charge is 0.338 e. The Morgan fingerprint density at radius 3 is 2.74 bits per heavy atom. The lowest BCUT2D eigenvalue weighted by Gasteiger charge is -2.26. The molecule has 2 rings (SSSR count). The van der Waals surface area contributed by atoms with E-state index in [1.807, 2.05) is 6.07 Å². The second kappa shape index (κ2) is 7.03. The zero-order valence-corrected chi connectivity index (χ0v) is 13.3. The first-order chi connectivity index (χ1) is 11.0. The number of nitrogens with zero attached hydrogens (tertiary/aromatic N) is 1. The Morgan fingerprint density at radius 1 is 1.52 bits per heavy atom. The van der Waals surface area contributed by atoms with E-state index in [0.717, 1.165) is 0 Å². The summed E-state index contributed by atoms with van der Waals surface area (Å²) in [6.45, 7) is 5.17. The predicted octanol–water partition coefficient (Wildman–Crippen LogP) is 3.15. The van der Waals surface area contributed by atoms with Gasteiger partial charge in [-0.05, 0) is 24.6 Å². The van der Waals surface area contributed by atoms with Crippen LogP contribution in [0, 0.1) is 11.3 Å². The average molecular weight is 331 g/mol. The van der Waals surface area contributed by atoms with E-state index >= 15 is 0 Å². The number of halogens is 1. The molecule has 0 unspecified atom stereocenters. The number of nitriles is 1. The number of hydrogen-bond acceptors (Lipinski definition) is 5. The number of ether oxygens (including phenoxy) is 2. The lowest BCUT2D eigenvalue weighted by molar-refractivity contribution is -0.138. The molecule has 1 heterocycles. The van der Waals surface area contributed by atoms with Crippen LogP contribution in [0.3, 0.4) is 0 Å².